The number of carbonyl (C=O) groups excluding carboxylic acids is 2. The molecule has 152 valence electrons. The van der Waals surface area contributed by atoms with Crippen molar-refractivity contribution in [2.45, 2.75) is 51.2 Å². The average Bonchev–Trinajstić information content (AvgIpc) is 3.48. The SMILES string of the molecule is CCc1cc(Br)cc(C)c1C1C(=O)C(CCNC(=O)c2ccccn2)CC2OC21. The van der Waals surface area contributed by atoms with E-state index in [-0.39, 0.29) is 35.7 Å². The minimum Gasteiger partial charge on any atom is -0.368 e. The van der Waals surface area contributed by atoms with Gasteiger partial charge < -0.3 is 10.1 Å². The minimum absolute atomic E-state index is 0.00651. The normalized spacial score (nSPS) is 25.4. The number of rotatable bonds is 6. The summed E-state index contributed by atoms with van der Waals surface area (Å²) >= 11 is 3.57. The highest BCUT2D eigenvalue weighted by molar-refractivity contribution is 9.10. The van der Waals surface area contributed by atoms with Gasteiger partial charge >= 0.3 is 0 Å². The highest BCUT2D eigenvalue weighted by atomic mass is 79.9. The zero-order valence-corrected chi connectivity index (χ0v) is 18.2. The van der Waals surface area contributed by atoms with Gasteiger partial charge in [-0.05, 0) is 67.1 Å². The van der Waals surface area contributed by atoms with E-state index in [1.165, 1.54) is 5.56 Å². The monoisotopic (exact) mass is 456 g/mol. The first-order valence-electron chi connectivity index (χ1n) is 10.2. The number of hydrogen-bond donors (Lipinski definition) is 1. The van der Waals surface area contributed by atoms with Crippen LogP contribution in [0.3, 0.4) is 0 Å². The quantitative estimate of drug-likeness (QED) is 0.667. The number of pyridine rings is 1. The molecule has 2 fully saturated rings. The summed E-state index contributed by atoms with van der Waals surface area (Å²) in [6.45, 7) is 4.64. The van der Waals surface area contributed by atoms with Gasteiger partial charge in [0.1, 0.15) is 11.5 Å². The molecular formula is C23H25BrN2O3. The van der Waals surface area contributed by atoms with Gasteiger partial charge in [-0.3, -0.25) is 14.6 Å². The summed E-state index contributed by atoms with van der Waals surface area (Å²) in [6.07, 6.45) is 4.00. The lowest BCUT2D eigenvalue weighted by Crippen LogP contribution is -2.36. The van der Waals surface area contributed by atoms with Crippen molar-refractivity contribution in [3.05, 3.63) is 63.4 Å². The van der Waals surface area contributed by atoms with Gasteiger partial charge in [0.05, 0.1) is 18.1 Å². The molecule has 4 atom stereocenters. The number of aryl methyl sites for hydroxylation is 2. The number of benzene rings is 1. The lowest BCUT2D eigenvalue weighted by Gasteiger charge is -2.28. The third kappa shape index (κ3) is 4.14. The molecule has 2 aliphatic rings. The Morgan fingerprint density at radius 3 is 2.90 bits per heavy atom. The lowest BCUT2D eigenvalue weighted by molar-refractivity contribution is -0.125. The van der Waals surface area contributed by atoms with Crippen LogP contribution < -0.4 is 5.32 Å². The number of fused-ring (bicyclic) bond motifs is 1. The number of aromatic nitrogens is 1. The van der Waals surface area contributed by atoms with Gasteiger partial charge in [0.25, 0.3) is 5.91 Å². The van der Waals surface area contributed by atoms with Gasteiger partial charge in [-0.2, -0.15) is 0 Å². The molecule has 1 saturated heterocycles. The predicted octanol–water partition coefficient (Wildman–Crippen LogP) is 3.98. The standard InChI is InChI=1S/C23H25BrN2O3/c1-3-14-11-16(24)10-13(2)19(14)20-21(27)15(12-18-22(20)29-18)7-9-26-23(28)17-6-4-5-8-25-17/h4-6,8,10-11,15,18,20,22H,3,7,9,12H2,1-2H3,(H,26,28). The van der Waals surface area contributed by atoms with E-state index >= 15 is 0 Å². The molecule has 0 spiro atoms. The fourth-order valence-electron chi connectivity index (χ4n) is 4.53. The third-order valence-corrected chi connectivity index (χ3v) is 6.44. The van der Waals surface area contributed by atoms with Gasteiger partial charge in [-0.1, -0.05) is 28.9 Å². The number of ketones is 1. The molecule has 6 heteroatoms. The van der Waals surface area contributed by atoms with E-state index in [0.29, 0.717) is 18.7 Å². The number of hydrogen-bond acceptors (Lipinski definition) is 4. The van der Waals surface area contributed by atoms with Crippen molar-refractivity contribution in [3.8, 4) is 0 Å². The Hall–Kier alpha value is -2.05. The maximum Gasteiger partial charge on any atom is 0.269 e. The number of epoxide rings is 1. The lowest BCUT2D eigenvalue weighted by atomic mass is 9.73. The van der Waals surface area contributed by atoms with E-state index in [0.717, 1.165) is 28.4 Å². The molecule has 0 radical (unpaired) electrons. The van der Waals surface area contributed by atoms with Crippen LogP contribution in [-0.4, -0.2) is 35.4 Å². The summed E-state index contributed by atoms with van der Waals surface area (Å²) in [7, 11) is 0. The molecule has 4 unspecified atom stereocenters. The zero-order valence-electron chi connectivity index (χ0n) is 16.7. The molecule has 2 aromatic rings. The summed E-state index contributed by atoms with van der Waals surface area (Å²) in [6, 6.07) is 9.44. The van der Waals surface area contributed by atoms with Crippen molar-refractivity contribution in [2.24, 2.45) is 5.92 Å². The number of carbonyl (C=O) groups is 2. The van der Waals surface area contributed by atoms with Gasteiger partial charge in [0.2, 0.25) is 0 Å². The second-order valence-corrected chi connectivity index (χ2v) is 8.78. The fraction of sp³-hybridized carbons (Fsp3) is 0.435. The number of nitrogens with one attached hydrogen (secondary N) is 1. The number of amides is 1. The molecule has 4 rings (SSSR count). The fourth-order valence-corrected chi connectivity index (χ4v) is 5.15. The average molecular weight is 457 g/mol. The molecule has 0 bridgehead atoms. The maximum atomic E-state index is 13.4. The van der Waals surface area contributed by atoms with Crippen LogP contribution in [0.25, 0.3) is 0 Å². The van der Waals surface area contributed by atoms with Crippen molar-refractivity contribution in [1.29, 1.82) is 0 Å². The molecular weight excluding hydrogens is 432 g/mol. The molecule has 1 aliphatic heterocycles. The van der Waals surface area contributed by atoms with E-state index < -0.39 is 0 Å². The van der Waals surface area contributed by atoms with Crippen molar-refractivity contribution in [3.63, 3.8) is 0 Å². The predicted molar refractivity (Wildman–Crippen MR) is 114 cm³/mol. The second kappa shape index (κ2) is 8.36. The van der Waals surface area contributed by atoms with Crippen molar-refractivity contribution in [2.75, 3.05) is 6.54 Å². The number of halogens is 1. The van der Waals surface area contributed by atoms with Crippen LogP contribution in [-0.2, 0) is 16.0 Å². The van der Waals surface area contributed by atoms with Crippen LogP contribution in [0.2, 0.25) is 0 Å². The first-order chi connectivity index (χ1) is 14.0. The Bertz CT molecular complexity index is 931. The van der Waals surface area contributed by atoms with Gasteiger partial charge in [0, 0.05) is 23.1 Å². The van der Waals surface area contributed by atoms with E-state index in [4.69, 9.17) is 4.74 Å². The molecule has 1 amide bonds. The summed E-state index contributed by atoms with van der Waals surface area (Å²) in [5.41, 5.74) is 3.86. The first-order valence-corrected chi connectivity index (χ1v) is 11.0. The van der Waals surface area contributed by atoms with E-state index in [1.54, 1.807) is 24.4 Å². The molecule has 1 aliphatic carbocycles. The molecule has 1 N–H and O–H groups in total. The third-order valence-electron chi connectivity index (χ3n) is 5.98. The Labute approximate surface area is 179 Å². The van der Waals surface area contributed by atoms with Crippen LogP contribution >= 0.6 is 15.9 Å². The van der Waals surface area contributed by atoms with Crippen molar-refractivity contribution >= 4 is 27.6 Å². The zero-order chi connectivity index (χ0) is 20.5. The van der Waals surface area contributed by atoms with E-state index in [2.05, 4.69) is 52.2 Å². The summed E-state index contributed by atoms with van der Waals surface area (Å²) < 4.78 is 6.94. The Balaban J connectivity index is 1.46. The maximum absolute atomic E-state index is 13.4. The van der Waals surface area contributed by atoms with Gasteiger partial charge in [-0.15, -0.1) is 0 Å². The molecule has 2 heterocycles. The van der Waals surface area contributed by atoms with Crippen molar-refractivity contribution in [1.82, 2.24) is 10.3 Å². The van der Waals surface area contributed by atoms with Crippen LogP contribution in [0.5, 0.6) is 0 Å². The molecule has 29 heavy (non-hydrogen) atoms. The number of Topliss-reactive ketones (excluding diaryl/α,β-unsaturated/α-hetero) is 1. The van der Waals surface area contributed by atoms with Crippen LogP contribution in [0.15, 0.2) is 41.0 Å². The van der Waals surface area contributed by atoms with E-state index in [9.17, 15) is 9.59 Å². The molecule has 5 nitrogen and oxygen atoms in total. The summed E-state index contributed by atoms with van der Waals surface area (Å²) in [4.78, 5) is 29.7. The highest BCUT2D eigenvalue weighted by Crippen LogP contribution is 2.48. The Kier molecular flexibility index (Phi) is 5.83. The number of nitrogens with zero attached hydrogens (tertiary/aromatic N) is 1. The molecule has 1 aromatic carbocycles. The van der Waals surface area contributed by atoms with Crippen molar-refractivity contribution < 1.29 is 14.3 Å². The molecule has 1 aromatic heterocycles. The van der Waals surface area contributed by atoms with E-state index in [1.807, 2.05) is 0 Å². The smallest absolute Gasteiger partial charge is 0.269 e. The van der Waals surface area contributed by atoms with Gasteiger partial charge in [-0.25, -0.2) is 0 Å². The summed E-state index contributed by atoms with van der Waals surface area (Å²) in [5, 5.41) is 2.89. The van der Waals surface area contributed by atoms with Crippen LogP contribution in [0.4, 0.5) is 0 Å². The van der Waals surface area contributed by atoms with Crippen LogP contribution in [0, 0.1) is 12.8 Å². The van der Waals surface area contributed by atoms with Gasteiger partial charge in [0.15, 0.2) is 0 Å². The Morgan fingerprint density at radius 2 is 2.17 bits per heavy atom. The second-order valence-electron chi connectivity index (χ2n) is 7.86. The van der Waals surface area contributed by atoms with Crippen LogP contribution in [0.1, 0.15) is 52.9 Å². The topological polar surface area (TPSA) is 71.6 Å². The molecule has 1 saturated carbocycles. The number of ether oxygens (including phenoxy) is 1. The summed E-state index contributed by atoms with van der Waals surface area (Å²) in [5.74, 6) is -0.257. The Morgan fingerprint density at radius 1 is 1.34 bits per heavy atom. The highest BCUT2D eigenvalue weighted by Gasteiger charge is 2.55. The first kappa shape index (κ1) is 20.2. The minimum atomic E-state index is -0.206. The largest absolute Gasteiger partial charge is 0.368 e.